The molecule has 0 unspecified atom stereocenters. The molecule has 0 aliphatic rings. The fourth-order valence-corrected chi connectivity index (χ4v) is 3.71. The standard InChI is InChI=1S/C19H15F4NO2S.2C2H6/c20-15-3-2-13(19(21,22)23)9-14(15)17-8-12-7-11(1-4-16(12)27-17)10-24-6-5-18(25)26;2*1-2/h1-4,7-9,24H,5-6,10H2,(H,25,26);2*1-2H3. The summed E-state index contributed by atoms with van der Waals surface area (Å²) < 4.78 is 53.7. The van der Waals surface area contributed by atoms with Crippen LogP contribution >= 0.6 is 11.3 Å². The molecule has 0 amide bonds. The van der Waals surface area contributed by atoms with Gasteiger partial charge in [0.05, 0.1) is 12.0 Å². The summed E-state index contributed by atoms with van der Waals surface area (Å²) in [7, 11) is 0. The van der Waals surface area contributed by atoms with E-state index in [0.717, 1.165) is 33.8 Å². The predicted octanol–water partition coefficient (Wildman–Crippen LogP) is 7.34. The number of thiophene rings is 1. The third kappa shape index (κ3) is 7.63. The van der Waals surface area contributed by atoms with E-state index in [-0.39, 0.29) is 12.0 Å². The average molecular weight is 458 g/mol. The smallest absolute Gasteiger partial charge is 0.416 e. The van der Waals surface area contributed by atoms with Gasteiger partial charge in [-0.1, -0.05) is 33.8 Å². The average Bonchev–Trinajstić information content (AvgIpc) is 3.16. The van der Waals surface area contributed by atoms with Gasteiger partial charge in [0.1, 0.15) is 5.82 Å². The van der Waals surface area contributed by atoms with Crippen LogP contribution in [0.2, 0.25) is 0 Å². The monoisotopic (exact) mass is 457 g/mol. The summed E-state index contributed by atoms with van der Waals surface area (Å²) in [4.78, 5) is 10.9. The highest BCUT2D eigenvalue weighted by molar-refractivity contribution is 7.22. The molecule has 1 aromatic heterocycles. The second-order valence-electron chi connectivity index (χ2n) is 6.00. The predicted molar refractivity (Wildman–Crippen MR) is 119 cm³/mol. The van der Waals surface area contributed by atoms with Crippen molar-refractivity contribution in [2.24, 2.45) is 0 Å². The van der Waals surface area contributed by atoms with Crippen molar-refractivity contribution >= 4 is 27.4 Å². The first kappa shape index (κ1) is 26.6. The van der Waals surface area contributed by atoms with Crippen LogP contribution in [0, 0.1) is 5.82 Å². The number of hydrogen-bond donors (Lipinski definition) is 2. The zero-order valence-corrected chi connectivity index (χ0v) is 18.8. The van der Waals surface area contributed by atoms with Gasteiger partial charge in [-0.15, -0.1) is 11.3 Å². The molecule has 0 aliphatic carbocycles. The van der Waals surface area contributed by atoms with Gasteiger partial charge in [0, 0.05) is 28.2 Å². The van der Waals surface area contributed by atoms with E-state index < -0.39 is 23.5 Å². The molecular weight excluding hydrogens is 430 g/mol. The number of fused-ring (bicyclic) bond motifs is 1. The zero-order chi connectivity index (χ0) is 23.6. The summed E-state index contributed by atoms with van der Waals surface area (Å²) in [6, 6.07) is 9.58. The Morgan fingerprint density at radius 1 is 1.03 bits per heavy atom. The topological polar surface area (TPSA) is 49.3 Å². The maximum Gasteiger partial charge on any atom is 0.416 e. The Hall–Kier alpha value is -2.45. The molecule has 0 fully saturated rings. The summed E-state index contributed by atoms with van der Waals surface area (Å²) in [6.07, 6.45) is -4.52. The number of aliphatic carboxylic acids is 1. The van der Waals surface area contributed by atoms with Crippen LogP contribution in [0.15, 0.2) is 42.5 Å². The highest BCUT2D eigenvalue weighted by Gasteiger charge is 2.31. The van der Waals surface area contributed by atoms with Crippen molar-refractivity contribution in [3.05, 3.63) is 59.4 Å². The van der Waals surface area contributed by atoms with Crippen LogP contribution in [0.5, 0.6) is 0 Å². The molecule has 0 atom stereocenters. The van der Waals surface area contributed by atoms with Crippen molar-refractivity contribution in [3.63, 3.8) is 0 Å². The third-order valence-electron chi connectivity index (χ3n) is 3.98. The van der Waals surface area contributed by atoms with Crippen molar-refractivity contribution in [3.8, 4) is 10.4 Å². The first-order valence-electron chi connectivity index (χ1n) is 10.1. The molecule has 3 aromatic rings. The number of alkyl halides is 3. The lowest BCUT2D eigenvalue weighted by Gasteiger charge is -2.08. The van der Waals surface area contributed by atoms with Crippen LogP contribution in [-0.4, -0.2) is 17.6 Å². The maximum atomic E-state index is 14.1. The van der Waals surface area contributed by atoms with Crippen LogP contribution in [0.4, 0.5) is 17.6 Å². The van der Waals surface area contributed by atoms with E-state index in [0.29, 0.717) is 18.0 Å². The number of carbonyl (C=O) groups is 1. The summed E-state index contributed by atoms with van der Waals surface area (Å²) in [6.45, 7) is 8.80. The molecule has 3 rings (SSSR count). The molecular formula is C23H27F4NO2S. The minimum absolute atomic E-state index is 0.0136. The molecule has 0 bridgehead atoms. The molecule has 1 heterocycles. The maximum absolute atomic E-state index is 14.1. The number of carboxylic acids is 1. The van der Waals surface area contributed by atoms with Crippen LogP contribution in [-0.2, 0) is 17.5 Å². The molecule has 8 heteroatoms. The van der Waals surface area contributed by atoms with Gasteiger partial charge in [0.15, 0.2) is 0 Å². The molecule has 170 valence electrons. The van der Waals surface area contributed by atoms with Gasteiger partial charge in [0.2, 0.25) is 0 Å². The molecule has 0 saturated carbocycles. The van der Waals surface area contributed by atoms with Crippen molar-refractivity contribution in [1.82, 2.24) is 5.32 Å². The zero-order valence-electron chi connectivity index (χ0n) is 17.9. The molecule has 0 saturated heterocycles. The van der Waals surface area contributed by atoms with E-state index in [2.05, 4.69) is 5.32 Å². The number of halogens is 4. The van der Waals surface area contributed by atoms with E-state index in [1.165, 1.54) is 11.3 Å². The number of carboxylic acid groups (broad SMARTS) is 1. The summed E-state index contributed by atoms with van der Waals surface area (Å²) >= 11 is 1.22. The van der Waals surface area contributed by atoms with Gasteiger partial charge in [0.25, 0.3) is 0 Å². The normalized spacial score (nSPS) is 10.7. The lowest BCUT2D eigenvalue weighted by molar-refractivity contribution is -0.138. The second-order valence-corrected chi connectivity index (χ2v) is 7.08. The van der Waals surface area contributed by atoms with Gasteiger partial charge in [-0.25, -0.2) is 4.39 Å². The highest BCUT2D eigenvalue weighted by atomic mass is 32.1. The Labute approximate surface area is 183 Å². The third-order valence-corrected chi connectivity index (χ3v) is 5.13. The van der Waals surface area contributed by atoms with E-state index in [1.807, 2.05) is 45.9 Å². The highest BCUT2D eigenvalue weighted by Crippen LogP contribution is 2.38. The van der Waals surface area contributed by atoms with Gasteiger partial charge in [-0.3, -0.25) is 4.79 Å². The molecule has 2 N–H and O–H groups in total. The largest absolute Gasteiger partial charge is 0.481 e. The Morgan fingerprint density at radius 3 is 2.32 bits per heavy atom. The summed E-state index contributed by atoms with van der Waals surface area (Å²) in [5, 5.41) is 12.4. The lowest BCUT2D eigenvalue weighted by atomic mass is 10.1. The van der Waals surface area contributed by atoms with E-state index in [9.17, 15) is 22.4 Å². The Morgan fingerprint density at radius 2 is 1.71 bits per heavy atom. The SMILES string of the molecule is CC.CC.O=C(O)CCNCc1ccc2sc(-c3cc(C(F)(F)F)ccc3F)cc2c1. The van der Waals surface area contributed by atoms with Gasteiger partial charge < -0.3 is 10.4 Å². The quantitative estimate of drug-likeness (QED) is 0.301. The minimum atomic E-state index is -4.53. The lowest BCUT2D eigenvalue weighted by Crippen LogP contribution is -2.17. The van der Waals surface area contributed by atoms with Crippen LogP contribution in [0.1, 0.15) is 45.2 Å². The van der Waals surface area contributed by atoms with E-state index in [4.69, 9.17) is 5.11 Å². The number of benzene rings is 2. The van der Waals surface area contributed by atoms with Crippen molar-refractivity contribution in [2.45, 2.75) is 46.8 Å². The van der Waals surface area contributed by atoms with Gasteiger partial charge in [-0.05, 0) is 47.3 Å². The first-order valence-corrected chi connectivity index (χ1v) is 10.9. The second kappa shape index (κ2) is 12.4. The van der Waals surface area contributed by atoms with Crippen LogP contribution in [0.3, 0.4) is 0 Å². The van der Waals surface area contributed by atoms with Crippen molar-refractivity contribution in [1.29, 1.82) is 0 Å². The Bertz CT molecular complexity index is 983. The van der Waals surface area contributed by atoms with Crippen LogP contribution < -0.4 is 5.32 Å². The number of rotatable bonds is 6. The molecule has 0 radical (unpaired) electrons. The van der Waals surface area contributed by atoms with Crippen LogP contribution in [0.25, 0.3) is 20.5 Å². The van der Waals surface area contributed by atoms with Crippen molar-refractivity contribution < 1.29 is 27.5 Å². The van der Waals surface area contributed by atoms with E-state index >= 15 is 0 Å². The fourth-order valence-electron chi connectivity index (χ4n) is 2.65. The van der Waals surface area contributed by atoms with E-state index in [1.54, 1.807) is 6.07 Å². The first-order chi connectivity index (χ1) is 14.7. The van der Waals surface area contributed by atoms with Gasteiger partial charge >= 0.3 is 12.1 Å². The van der Waals surface area contributed by atoms with Crippen molar-refractivity contribution in [2.75, 3.05) is 6.54 Å². The Kier molecular flexibility index (Phi) is 10.6. The molecule has 31 heavy (non-hydrogen) atoms. The fraction of sp³-hybridized carbons (Fsp3) is 0.348. The number of hydrogen-bond acceptors (Lipinski definition) is 3. The molecule has 0 aliphatic heterocycles. The summed E-state index contributed by atoms with van der Waals surface area (Å²) in [5.74, 6) is -1.59. The molecule has 2 aromatic carbocycles. The minimum Gasteiger partial charge on any atom is -0.481 e. The molecule has 3 nitrogen and oxygen atoms in total. The number of nitrogens with one attached hydrogen (secondary N) is 1. The molecule has 0 spiro atoms. The summed E-state index contributed by atoms with van der Waals surface area (Å²) in [5.41, 5.74) is -0.0615. The van der Waals surface area contributed by atoms with Gasteiger partial charge in [-0.2, -0.15) is 13.2 Å². The Balaban J connectivity index is 0.00000113.